The Labute approximate surface area is 111 Å². The summed E-state index contributed by atoms with van der Waals surface area (Å²) in [5, 5.41) is 0.360. The third-order valence-corrected chi connectivity index (χ3v) is 3.65. The van der Waals surface area contributed by atoms with Crippen LogP contribution in [-0.4, -0.2) is 13.9 Å². The van der Waals surface area contributed by atoms with Crippen molar-refractivity contribution in [2.45, 2.75) is 12.4 Å². The molecule has 0 N–H and O–H groups in total. The molecule has 0 atom stereocenters. The van der Waals surface area contributed by atoms with Gasteiger partial charge in [-0.1, -0.05) is 18.2 Å². The Kier molecular flexibility index (Phi) is 3.37. The second-order valence-corrected chi connectivity index (χ2v) is 5.55. The molecule has 0 aromatic heterocycles. The van der Waals surface area contributed by atoms with Crippen LogP contribution in [0.3, 0.4) is 0 Å². The minimum absolute atomic E-state index is 0.00970. The second kappa shape index (κ2) is 4.62. The van der Waals surface area contributed by atoms with Gasteiger partial charge in [0, 0.05) is 5.39 Å². The van der Waals surface area contributed by atoms with Crippen molar-refractivity contribution in [3.05, 3.63) is 41.7 Å². The van der Waals surface area contributed by atoms with Gasteiger partial charge < -0.3 is 4.18 Å². The first-order valence-electron chi connectivity index (χ1n) is 5.32. The zero-order valence-corrected chi connectivity index (χ0v) is 10.8. The molecule has 2 aromatic rings. The third kappa shape index (κ3) is 2.43. The minimum Gasteiger partial charge on any atom is -0.375 e. The molecule has 2 rings (SSSR count). The quantitative estimate of drug-likeness (QED) is 0.484. The van der Waals surface area contributed by atoms with Crippen molar-refractivity contribution in [1.29, 1.82) is 0 Å². The average molecular weight is 308 g/mol. The molecule has 0 bridgehead atoms. The Morgan fingerprint density at radius 2 is 1.75 bits per heavy atom. The molecule has 0 unspecified atom stereocenters. The van der Waals surface area contributed by atoms with E-state index in [0.717, 1.165) is 12.1 Å². The Hall–Kier alpha value is -1.83. The summed E-state index contributed by atoms with van der Waals surface area (Å²) < 4.78 is 76.5. The van der Waals surface area contributed by atoms with Crippen LogP contribution in [0.4, 0.5) is 17.6 Å². The molecule has 20 heavy (non-hydrogen) atoms. The summed E-state index contributed by atoms with van der Waals surface area (Å²) in [6.07, 6.45) is 0. The summed E-state index contributed by atoms with van der Waals surface area (Å²) >= 11 is 0. The first-order chi connectivity index (χ1) is 9.13. The lowest BCUT2D eigenvalue weighted by atomic mass is 10.0. The predicted molar refractivity (Wildman–Crippen MR) is 64.2 cm³/mol. The number of hydrogen-bond acceptors (Lipinski definition) is 3. The number of fused-ring (bicyclic) bond motifs is 1. The lowest BCUT2D eigenvalue weighted by Crippen LogP contribution is -2.28. The average Bonchev–Trinajstić information content (AvgIpc) is 2.32. The van der Waals surface area contributed by atoms with Gasteiger partial charge in [-0.2, -0.15) is 21.6 Å². The van der Waals surface area contributed by atoms with Gasteiger partial charge in [0.15, 0.2) is 5.75 Å². The zero-order valence-electron chi connectivity index (χ0n) is 10.0. The van der Waals surface area contributed by atoms with Crippen LogP contribution >= 0.6 is 0 Å². The van der Waals surface area contributed by atoms with E-state index >= 15 is 0 Å². The van der Waals surface area contributed by atoms with Gasteiger partial charge >= 0.3 is 15.6 Å². The molecule has 2 aromatic carbocycles. The number of benzene rings is 2. The molecule has 0 radical (unpaired) electrons. The molecule has 0 aliphatic rings. The maximum absolute atomic E-state index is 13.5. The molecule has 0 aliphatic heterocycles. The number of rotatable bonds is 2. The van der Waals surface area contributed by atoms with Crippen LogP contribution in [-0.2, 0) is 10.1 Å². The topological polar surface area (TPSA) is 43.4 Å². The van der Waals surface area contributed by atoms with E-state index in [0.29, 0.717) is 5.39 Å². The molecule has 0 fully saturated rings. The van der Waals surface area contributed by atoms with E-state index in [-0.39, 0.29) is 10.9 Å². The largest absolute Gasteiger partial charge is 0.534 e. The maximum atomic E-state index is 13.5. The molecule has 3 nitrogen and oxygen atoms in total. The second-order valence-electron chi connectivity index (χ2n) is 4.01. The zero-order chi connectivity index (χ0) is 15.1. The van der Waals surface area contributed by atoms with Gasteiger partial charge in [0.05, 0.1) is 0 Å². The van der Waals surface area contributed by atoms with E-state index in [2.05, 4.69) is 4.18 Å². The van der Waals surface area contributed by atoms with Crippen molar-refractivity contribution in [2.24, 2.45) is 0 Å². The molecule has 0 heterocycles. The van der Waals surface area contributed by atoms with E-state index < -0.39 is 27.2 Å². The predicted octanol–water partition coefficient (Wildman–Crippen LogP) is 3.52. The highest BCUT2D eigenvalue weighted by atomic mass is 32.2. The fraction of sp³-hybridized carbons (Fsp3) is 0.167. The van der Waals surface area contributed by atoms with Crippen LogP contribution in [0.15, 0.2) is 30.3 Å². The molecule has 0 saturated carbocycles. The SMILES string of the molecule is Cc1c(F)ccc2cccc(OS(=O)(=O)C(F)(F)F)c12. The highest BCUT2D eigenvalue weighted by Gasteiger charge is 2.48. The molecule has 8 heteroatoms. The van der Waals surface area contributed by atoms with Crippen molar-refractivity contribution < 1.29 is 30.2 Å². The lowest BCUT2D eigenvalue weighted by Gasteiger charge is -2.13. The van der Waals surface area contributed by atoms with Crippen molar-refractivity contribution >= 4 is 20.9 Å². The van der Waals surface area contributed by atoms with Gasteiger partial charge in [-0.15, -0.1) is 0 Å². The van der Waals surface area contributed by atoms with E-state index in [4.69, 9.17) is 0 Å². The van der Waals surface area contributed by atoms with Crippen molar-refractivity contribution in [1.82, 2.24) is 0 Å². The van der Waals surface area contributed by atoms with Crippen LogP contribution < -0.4 is 4.18 Å². The Morgan fingerprint density at radius 3 is 2.35 bits per heavy atom. The Morgan fingerprint density at radius 1 is 1.10 bits per heavy atom. The van der Waals surface area contributed by atoms with Crippen molar-refractivity contribution in [2.75, 3.05) is 0 Å². The number of aryl methyl sites for hydroxylation is 1. The molecule has 0 spiro atoms. The Bertz CT molecular complexity index is 766. The fourth-order valence-electron chi connectivity index (χ4n) is 1.73. The van der Waals surface area contributed by atoms with Gasteiger partial charge in [0.1, 0.15) is 5.82 Å². The van der Waals surface area contributed by atoms with Crippen LogP contribution in [0.25, 0.3) is 10.8 Å². The minimum atomic E-state index is -5.79. The van der Waals surface area contributed by atoms with Gasteiger partial charge in [-0.3, -0.25) is 0 Å². The molecule has 108 valence electrons. The number of halogens is 4. The van der Waals surface area contributed by atoms with Crippen LogP contribution in [0.2, 0.25) is 0 Å². The smallest absolute Gasteiger partial charge is 0.375 e. The van der Waals surface area contributed by atoms with Crippen molar-refractivity contribution in [3.63, 3.8) is 0 Å². The summed E-state index contributed by atoms with van der Waals surface area (Å²) in [5.74, 6) is -1.23. The monoisotopic (exact) mass is 308 g/mol. The summed E-state index contributed by atoms with van der Waals surface area (Å²) in [6.45, 7) is 1.32. The number of alkyl halides is 3. The van der Waals surface area contributed by atoms with Gasteiger partial charge in [0.25, 0.3) is 0 Å². The first-order valence-corrected chi connectivity index (χ1v) is 6.73. The van der Waals surface area contributed by atoms with Crippen LogP contribution in [0.5, 0.6) is 5.75 Å². The normalized spacial score (nSPS) is 12.7. The van der Waals surface area contributed by atoms with Gasteiger partial charge in [0.2, 0.25) is 0 Å². The van der Waals surface area contributed by atoms with Crippen LogP contribution in [0.1, 0.15) is 5.56 Å². The van der Waals surface area contributed by atoms with Gasteiger partial charge in [-0.25, -0.2) is 4.39 Å². The van der Waals surface area contributed by atoms with E-state index in [1.165, 1.54) is 25.1 Å². The van der Waals surface area contributed by atoms with Gasteiger partial charge in [-0.05, 0) is 30.0 Å². The standard InChI is InChI=1S/C12H8F4O3S/c1-7-9(13)6-5-8-3-2-4-10(11(7)8)19-20(17,18)12(14,15)16/h2-6H,1H3. The highest BCUT2D eigenvalue weighted by molar-refractivity contribution is 7.88. The maximum Gasteiger partial charge on any atom is 0.534 e. The molecule has 0 aliphatic carbocycles. The molecule has 0 amide bonds. The summed E-state index contributed by atoms with van der Waals surface area (Å²) in [7, 11) is -5.79. The third-order valence-electron chi connectivity index (χ3n) is 2.68. The lowest BCUT2D eigenvalue weighted by molar-refractivity contribution is -0.0499. The summed E-state index contributed by atoms with van der Waals surface area (Å²) in [6, 6.07) is 6.33. The van der Waals surface area contributed by atoms with Crippen molar-refractivity contribution in [3.8, 4) is 5.75 Å². The first kappa shape index (κ1) is 14.6. The summed E-state index contributed by atoms with van der Waals surface area (Å²) in [5.41, 5.74) is -5.54. The van der Waals surface area contributed by atoms with E-state index in [1.807, 2.05) is 0 Å². The Balaban J connectivity index is 2.65. The fourth-order valence-corrected chi connectivity index (χ4v) is 2.20. The number of hydrogen-bond donors (Lipinski definition) is 0. The molecule has 0 saturated heterocycles. The van der Waals surface area contributed by atoms with E-state index in [9.17, 15) is 26.0 Å². The summed E-state index contributed by atoms with van der Waals surface area (Å²) in [4.78, 5) is 0. The van der Waals surface area contributed by atoms with E-state index in [1.54, 1.807) is 0 Å². The molecular formula is C12H8F4O3S. The highest BCUT2D eigenvalue weighted by Crippen LogP contribution is 2.34. The molecular weight excluding hydrogens is 300 g/mol. The van der Waals surface area contributed by atoms with Crippen LogP contribution in [0, 0.1) is 12.7 Å².